The van der Waals surface area contributed by atoms with Gasteiger partial charge in [0.15, 0.2) is 17.4 Å². The zero-order chi connectivity index (χ0) is 9.30. The van der Waals surface area contributed by atoms with Crippen LogP contribution in [0, 0.1) is 11.6 Å². The molecule has 1 rings (SSSR count). The molecule has 0 saturated carbocycles. The molecule has 1 unspecified atom stereocenters. The highest BCUT2D eigenvalue weighted by molar-refractivity contribution is 7.27. The Kier molecular flexibility index (Phi) is 2.53. The van der Waals surface area contributed by atoms with Crippen molar-refractivity contribution in [2.75, 3.05) is 0 Å². The molecule has 0 aliphatic carbocycles. The summed E-state index contributed by atoms with van der Waals surface area (Å²) < 4.78 is 25.3. The van der Waals surface area contributed by atoms with Crippen LogP contribution in [0.1, 0.15) is 17.3 Å². The van der Waals surface area contributed by atoms with Crippen LogP contribution in [0.15, 0.2) is 12.1 Å². The first kappa shape index (κ1) is 9.27. The smallest absolute Gasteiger partial charge is 0.166 e. The summed E-state index contributed by atoms with van der Waals surface area (Å²) in [4.78, 5) is 10.8. The fraction of sp³-hybridized carbons (Fsp3) is 0.125. The van der Waals surface area contributed by atoms with Crippen molar-refractivity contribution in [3.63, 3.8) is 0 Å². The van der Waals surface area contributed by atoms with Crippen LogP contribution in [0.2, 0.25) is 0 Å². The quantitative estimate of drug-likeness (QED) is 0.484. The van der Waals surface area contributed by atoms with Gasteiger partial charge in [-0.1, -0.05) is 0 Å². The number of benzene rings is 1. The van der Waals surface area contributed by atoms with Gasteiger partial charge in [-0.15, -0.1) is 9.24 Å². The highest BCUT2D eigenvalue weighted by Gasteiger charge is 2.11. The third-order valence-electron chi connectivity index (χ3n) is 1.51. The largest absolute Gasteiger partial charge is 0.294 e. The SMILES string of the molecule is CC(=O)c1ccc(F)c(F)c1P. The van der Waals surface area contributed by atoms with Gasteiger partial charge in [-0.3, -0.25) is 4.79 Å². The Morgan fingerprint density at radius 2 is 2.00 bits per heavy atom. The second-order valence-electron chi connectivity index (χ2n) is 2.38. The minimum absolute atomic E-state index is 0.0116. The highest BCUT2D eigenvalue weighted by Crippen LogP contribution is 2.10. The molecular weight excluding hydrogens is 181 g/mol. The lowest BCUT2D eigenvalue weighted by Crippen LogP contribution is -2.12. The number of ketones is 1. The van der Waals surface area contributed by atoms with E-state index >= 15 is 0 Å². The minimum atomic E-state index is -0.979. The monoisotopic (exact) mass is 188 g/mol. The van der Waals surface area contributed by atoms with Crippen molar-refractivity contribution in [2.24, 2.45) is 0 Å². The molecular formula is C8H7F2OP. The van der Waals surface area contributed by atoms with Crippen molar-refractivity contribution in [1.82, 2.24) is 0 Å². The fourth-order valence-corrected chi connectivity index (χ4v) is 1.31. The van der Waals surface area contributed by atoms with E-state index in [0.29, 0.717) is 0 Å². The van der Waals surface area contributed by atoms with Gasteiger partial charge in [0.1, 0.15) is 0 Å². The van der Waals surface area contributed by atoms with Gasteiger partial charge in [0.25, 0.3) is 0 Å². The second kappa shape index (κ2) is 3.28. The Bertz CT molecular complexity index is 336. The third kappa shape index (κ3) is 1.51. The maximum Gasteiger partial charge on any atom is 0.166 e. The number of carbonyl (C=O) groups is 1. The van der Waals surface area contributed by atoms with Gasteiger partial charge in [-0.2, -0.15) is 0 Å². The van der Waals surface area contributed by atoms with Crippen LogP contribution in [0.25, 0.3) is 0 Å². The van der Waals surface area contributed by atoms with E-state index in [4.69, 9.17) is 0 Å². The van der Waals surface area contributed by atoms with Crippen molar-refractivity contribution in [2.45, 2.75) is 6.92 Å². The molecule has 12 heavy (non-hydrogen) atoms. The minimum Gasteiger partial charge on any atom is -0.294 e. The summed E-state index contributed by atoms with van der Waals surface area (Å²) in [5.41, 5.74) is 0.193. The number of hydrogen-bond donors (Lipinski definition) is 0. The summed E-state index contributed by atoms with van der Waals surface area (Å²) in [6.45, 7) is 1.31. The molecule has 1 nitrogen and oxygen atoms in total. The van der Waals surface area contributed by atoms with Gasteiger partial charge < -0.3 is 0 Å². The lowest BCUT2D eigenvalue weighted by atomic mass is 10.1. The van der Waals surface area contributed by atoms with Crippen molar-refractivity contribution < 1.29 is 13.6 Å². The Labute approximate surface area is 71.0 Å². The summed E-state index contributed by atoms with van der Waals surface area (Å²) >= 11 is 0. The van der Waals surface area contributed by atoms with Gasteiger partial charge in [-0.25, -0.2) is 8.78 Å². The molecule has 0 saturated heterocycles. The maximum atomic E-state index is 12.8. The van der Waals surface area contributed by atoms with Crippen LogP contribution in [0.4, 0.5) is 8.78 Å². The second-order valence-corrected chi connectivity index (χ2v) is 2.96. The fourth-order valence-electron chi connectivity index (χ4n) is 0.873. The Balaban J connectivity index is 3.36. The van der Waals surface area contributed by atoms with E-state index in [1.54, 1.807) is 0 Å². The van der Waals surface area contributed by atoms with Gasteiger partial charge in [0.2, 0.25) is 0 Å². The molecule has 0 heterocycles. The van der Waals surface area contributed by atoms with E-state index in [9.17, 15) is 13.6 Å². The zero-order valence-corrected chi connectivity index (χ0v) is 7.55. The molecule has 64 valence electrons. The predicted molar refractivity (Wildman–Crippen MR) is 45.7 cm³/mol. The van der Waals surface area contributed by atoms with Crippen LogP contribution in [0.3, 0.4) is 0 Å². The van der Waals surface area contributed by atoms with Gasteiger partial charge in [-0.05, 0) is 19.1 Å². The van der Waals surface area contributed by atoms with E-state index in [0.717, 1.165) is 6.07 Å². The van der Waals surface area contributed by atoms with E-state index in [1.165, 1.54) is 13.0 Å². The standard InChI is InChI=1S/C8H7F2OP/c1-4(11)5-2-3-6(9)7(10)8(5)12/h2-3H,12H2,1H3. The maximum absolute atomic E-state index is 12.8. The lowest BCUT2D eigenvalue weighted by Gasteiger charge is -2.02. The molecule has 1 aromatic rings. The van der Waals surface area contributed by atoms with Crippen molar-refractivity contribution in [1.29, 1.82) is 0 Å². The van der Waals surface area contributed by atoms with Crippen molar-refractivity contribution >= 4 is 20.3 Å². The number of rotatable bonds is 1. The molecule has 4 heteroatoms. The van der Waals surface area contributed by atoms with Crippen molar-refractivity contribution in [3.05, 3.63) is 29.3 Å². The van der Waals surface area contributed by atoms with Crippen LogP contribution >= 0.6 is 9.24 Å². The normalized spacial score (nSPS) is 10.0. The summed E-state index contributed by atoms with van der Waals surface area (Å²) in [5, 5.41) is -0.0116. The number of hydrogen-bond acceptors (Lipinski definition) is 1. The van der Waals surface area contributed by atoms with Crippen molar-refractivity contribution in [3.8, 4) is 0 Å². The van der Waals surface area contributed by atoms with E-state index < -0.39 is 11.6 Å². The zero-order valence-electron chi connectivity index (χ0n) is 6.40. The van der Waals surface area contributed by atoms with E-state index in [-0.39, 0.29) is 16.7 Å². The third-order valence-corrected chi connectivity index (χ3v) is 2.08. The van der Waals surface area contributed by atoms with Gasteiger partial charge in [0, 0.05) is 10.9 Å². The first-order valence-electron chi connectivity index (χ1n) is 3.28. The average molecular weight is 188 g/mol. The topological polar surface area (TPSA) is 17.1 Å². The molecule has 0 bridgehead atoms. The first-order chi connectivity index (χ1) is 5.54. The predicted octanol–water partition coefficient (Wildman–Crippen LogP) is 1.67. The molecule has 0 aliphatic rings. The Hall–Kier alpha value is -0.820. The van der Waals surface area contributed by atoms with Gasteiger partial charge in [0.05, 0.1) is 0 Å². The van der Waals surface area contributed by atoms with Crippen LogP contribution < -0.4 is 5.30 Å². The van der Waals surface area contributed by atoms with Crippen LogP contribution in [-0.4, -0.2) is 5.78 Å². The number of Topliss-reactive ketones (excluding diaryl/α,β-unsaturated/α-hetero) is 1. The summed E-state index contributed by atoms with van der Waals surface area (Å²) in [5.74, 6) is -2.20. The molecule has 1 atom stereocenters. The van der Waals surface area contributed by atoms with Crippen LogP contribution in [-0.2, 0) is 0 Å². The summed E-state index contributed by atoms with van der Waals surface area (Å²) in [6, 6.07) is 2.21. The lowest BCUT2D eigenvalue weighted by molar-refractivity contribution is 0.101. The summed E-state index contributed by atoms with van der Waals surface area (Å²) in [7, 11) is 2.01. The molecule has 0 aromatic heterocycles. The Morgan fingerprint density at radius 1 is 1.42 bits per heavy atom. The highest BCUT2D eigenvalue weighted by atomic mass is 31.0. The summed E-state index contributed by atoms with van der Waals surface area (Å²) in [6.07, 6.45) is 0. The average Bonchev–Trinajstić information content (AvgIpc) is 2.00. The molecule has 1 aromatic carbocycles. The molecule has 0 N–H and O–H groups in total. The molecule has 0 spiro atoms. The molecule has 0 radical (unpaired) electrons. The number of carbonyl (C=O) groups excluding carboxylic acids is 1. The van der Waals surface area contributed by atoms with E-state index in [2.05, 4.69) is 0 Å². The molecule has 0 amide bonds. The molecule has 0 fully saturated rings. The first-order valence-corrected chi connectivity index (χ1v) is 3.86. The van der Waals surface area contributed by atoms with Crippen LogP contribution in [0.5, 0.6) is 0 Å². The Morgan fingerprint density at radius 3 is 2.50 bits per heavy atom. The van der Waals surface area contributed by atoms with Gasteiger partial charge >= 0.3 is 0 Å². The van der Waals surface area contributed by atoms with E-state index in [1.807, 2.05) is 9.24 Å². The molecule has 0 aliphatic heterocycles. The number of halogens is 2.